The van der Waals surface area contributed by atoms with Crippen LogP contribution >= 0.6 is 11.8 Å². The van der Waals surface area contributed by atoms with Crippen LogP contribution in [0.1, 0.15) is 18.6 Å². The minimum absolute atomic E-state index is 0.0415. The molecule has 1 amide bonds. The number of benzene rings is 2. The van der Waals surface area contributed by atoms with Crippen LogP contribution in [0.4, 0.5) is 4.39 Å². The van der Waals surface area contributed by atoms with Gasteiger partial charge in [0.15, 0.2) is 11.0 Å². The summed E-state index contributed by atoms with van der Waals surface area (Å²) in [6, 6.07) is 19.9. The fraction of sp³-hybridized carbons (Fsp3) is 0.208. The molecule has 2 aromatic carbocycles. The van der Waals surface area contributed by atoms with Crippen LogP contribution in [0.3, 0.4) is 0 Å². The van der Waals surface area contributed by atoms with Gasteiger partial charge in [0.1, 0.15) is 11.6 Å². The zero-order chi connectivity index (χ0) is 21.9. The molecule has 1 saturated carbocycles. The van der Waals surface area contributed by atoms with Crippen molar-refractivity contribution in [3.05, 3.63) is 84.6 Å². The van der Waals surface area contributed by atoms with E-state index in [0.29, 0.717) is 17.5 Å². The van der Waals surface area contributed by atoms with E-state index in [9.17, 15) is 9.18 Å². The number of nitrogens with zero attached hydrogens (tertiary/aromatic N) is 4. The standard InChI is InChI=1S/C24H21FN4O2S/c25-18-10-8-17(9-11-18)23-26-27-24(29(23)20-5-2-1-3-6-20)32-16-22(30)28(19-12-13-19)15-21-7-4-14-31-21/h1-11,14,19H,12-13,15-16H2. The number of hydrogen-bond donors (Lipinski definition) is 0. The number of rotatable bonds is 8. The molecule has 6 nitrogen and oxygen atoms in total. The molecule has 0 aliphatic heterocycles. The Morgan fingerprint density at radius 3 is 2.53 bits per heavy atom. The molecule has 2 heterocycles. The van der Waals surface area contributed by atoms with E-state index in [1.165, 1.54) is 23.9 Å². The smallest absolute Gasteiger partial charge is 0.233 e. The number of carbonyl (C=O) groups excluding carboxylic acids is 1. The van der Waals surface area contributed by atoms with Crippen molar-refractivity contribution in [3.8, 4) is 17.1 Å². The third-order valence-corrected chi connectivity index (χ3v) is 6.20. The summed E-state index contributed by atoms with van der Waals surface area (Å²) >= 11 is 1.35. The lowest BCUT2D eigenvalue weighted by atomic mass is 10.2. The highest BCUT2D eigenvalue weighted by Crippen LogP contribution is 2.31. The Kier molecular flexibility index (Phi) is 5.77. The van der Waals surface area contributed by atoms with Gasteiger partial charge in [-0.1, -0.05) is 30.0 Å². The van der Waals surface area contributed by atoms with Crippen molar-refractivity contribution in [2.24, 2.45) is 0 Å². The molecular weight excluding hydrogens is 427 g/mol. The fourth-order valence-electron chi connectivity index (χ4n) is 3.55. The number of thioether (sulfide) groups is 1. The minimum atomic E-state index is -0.309. The van der Waals surface area contributed by atoms with Crippen molar-refractivity contribution in [2.45, 2.75) is 30.6 Å². The summed E-state index contributed by atoms with van der Waals surface area (Å²) in [5.74, 6) is 1.35. The second-order valence-corrected chi connectivity index (χ2v) is 8.55. The largest absolute Gasteiger partial charge is 0.467 e. The first-order valence-corrected chi connectivity index (χ1v) is 11.4. The maximum absolute atomic E-state index is 13.4. The Morgan fingerprint density at radius 1 is 1.06 bits per heavy atom. The van der Waals surface area contributed by atoms with Crippen LogP contribution in [0.2, 0.25) is 0 Å². The van der Waals surface area contributed by atoms with E-state index < -0.39 is 0 Å². The monoisotopic (exact) mass is 448 g/mol. The Labute approximate surface area is 189 Å². The molecule has 0 saturated heterocycles. The van der Waals surface area contributed by atoms with Crippen molar-refractivity contribution in [3.63, 3.8) is 0 Å². The van der Waals surface area contributed by atoms with Gasteiger partial charge in [-0.3, -0.25) is 9.36 Å². The molecule has 1 aliphatic carbocycles. The Morgan fingerprint density at radius 2 is 1.84 bits per heavy atom. The summed E-state index contributed by atoms with van der Waals surface area (Å²) in [6.07, 6.45) is 3.66. The quantitative estimate of drug-likeness (QED) is 0.357. The lowest BCUT2D eigenvalue weighted by Gasteiger charge is -2.21. The molecule has 8 heteroatoms. The van der Waals surface area contributed by atoms with Gasteiger partial charge >= 0.3 is 0 Å². The van der Waals surface area contributed by atoms with Gasteiger partial charge < -0.3 is 9.32 Å². The van der Waals surface area contributed by atoms with Gasteiger partial charge in [0.05, 0.1) is 18.6 Å². The highest BCUT2D eigenvalue weighted by molar-refractivity contribution is 7.99. The summed E-state index contributed by atoms with van der Waals surface area (Å²) in [4.78, 5) is 14.9. The summed E-state index contributed by atoms with van der Waals surface area (Å²) < 4.78 is 20.8. The van der Waals surface area contributed by atoms with E-state index >= 15 is 0 Å². The van der Waals surface area contributed by atoms with Crippen LogP contribution in [0.5, 0.6) is 0 Å². The molecule has 5 rings (SSSR count). The van der Waals surface area contributed by atoms with E-state index in [1.54, 1.807) is 18.4 Å². The van der Waals surface area contributed by atoms with Crippen LogP contribution in [0.15, 0.2) is 82.6 Å². The average molecular weight is 449 g/mol. The molecule has 162 valence electrons. The van der Waals surface area contributed by atoms with Gasteiger partial charge in [-0.05, 0) is 61.4 Å². The van der Waals surface area contributed by atoms with E-state index in [-0.39, 0.29) is 23.5 Å². The molecule has 0 atom stereocenters. The zero-order valence-electron chi connectivity index (χ0n) is 17.2. The molecule has 32 heavy (non-hydrogen) atoms. The van der Waals surface area contributed by atoms with Gasteiger partial charge in [0.2, 0.25) is 5.91 Å². The first kappa shape index (κ1) is 20.5. The summed E-state index contributed by atoms with van der Waals surface area (Å²) in [5, 5.41) is 9.31. The average Bonchev–Trinajstić information content (AvgIpc) is 3.36. The molecule has 0 radical (unpaired) electrons. The molecule has 0 unspecified atom stereocenters. The molecular formula is C24H21FN4O2S. The second kappa shape index (κ2) is 9.00. The summed E-state index contributed by atoms with van der Waals surface area (Å²) in [6.45, 7) is 0.475. The lowest BCUT2D eigenvalue weighted by molar-refractivity contribution is -0.129. The van der Waals surface area contributed by atoms with Crippen molar-refractivity contribution in [1.82, 2.24) is 19.7 Å². The van der Waals surface area contributed by atoms with Crippen molar-refractivity contribution < 1.29 is 13.6 Å². The Balaban J connectivity index is 1.39. The Hall–Kier alpha value is -3.39. The zero-order valence-corrected chi connectivity index (χ0v) is 18.0. The molecule has 0 spiro atoms. The molecule has 1 fully saturated rings. The number of aromatic nitrogens is 3. The number of carbonyl (C=O) groups is 1. The first-order valence-electron chi connectivity index (χ1n) is 10.4. The van der Waals surface area contributed by atoms with Gasteiger partial charge in [0.25, 0.3) is 0 Å². The predicted octanol–water partition coefficient (Wildman–Crippen LogP) is 4.95. The topological polar surface area (TPSA) is 64.2 Å². The number of amides is 1. The number of para-hydroxylation sites is 1. The maximum Gasteiger partial charge on any atom is 0.233 e. The van der Waals surface area contributed by atoms with E-state index in [4.69, 9.17) is 4.42 Å². The van der Waals surface area contributed by atoms with Crippen molar-refractivity contribution in [1.29, 1.82) is 0 Å². The molecule has 0 N–H and O–H groups in total. The highest BCUT2D eigenvalue weighted by atomic mass is 32.2. The van der Waals surface area contributed by atoms with Crippen molar-refractivity contribution in [2.75, 3.05) is 5.75 Å². The summed E-state index contributed by atoms with van der Waals surface area (Å²) in [7, 11) is 0. The van der Waals surface area contributed by atoms with Gasteiger partial charge in [-0.25, -0.2) is 4.39 Å². The molecule has 1 aliphatic rings. The molecule has 0 bridgehead atoms. The maximum atomic E-state index is 13.4. The van der Waals surface area contributed by atoms with Crippen LogP contribution in [-0.2, 0) is 11.3 Å². The third-order valence-electron chi connectivity index (χ3n) is 5.29. The third kappa shape index (κ3) is 4.45. The number of hydrogen-bond acceptors (Lipinski definition) is 5. The van der Waals surface area contributed by atoms with Crippen LogP contribution < -0.4 is 0 Å². The van der Waals surface area contributed by atoms with Gasteiger partial charge in [0, 0.05) is 17.3 Å². The van der Waals surface area contributed by atoms with Crippen molar-refractivity contribution >= 4 is 17.7 Å². The lowest BCUT2D eigenvalue weighted by Crippen LogP contribution is -2.33. The van der Waals surface area contributed by atoms with E-state index in [2.05, 4.69) is 10.2 Å². The van der Waals surface area contributed by atoms with Gasteiger partial charge in [-0.15, -0.1) is 10.2 Å². The highest BCUT2D eigenvalue weighted by Gasteiger charge is 2.33. The summed E-state index contributed by atoms with van der Waals surface area (Å²) in [5.41, 5.74) is 1.62. The number of halogens is 1. The van der Waals surface area contributed by atoms with E-state index in [1.807, 2.05) is 51.9 Å². The predicted molar refractivity (Wildman–Crippen MR) is 120 cm³/mol. The van der Waals surface area contributed by atoms with Crippen LogP contribution in [-0.4, -0.2) is 37.4 Å². The van der Waals surface area contributed by atoms with Crippen LogP contribution in [0, 0.1) is 5.82 Å². The molecule has 4 aromatic rings. The van der Waals surface area contributed by atoms with Crippen LogP contribution in [0.25, 0.3) is 17.1 Å². The SMILES string of the molecule is O=C(CSc1nnc(-c2ccc(F)cc2)n1-c1ccccc1)N(Cc1ccco1)C1CC1. The Bertz CT molecular complexity index is 1190. The fourth-order valence-corrected chi connectivity index (χ4v) is 4.38. The van der Waals surface area contributed by atoms with E-state index in [0.717, 1.165) is 29.9 Å². The van der Waals surface area contributed by atoms with Gasteiger partial charge in [-0.2, -0.15) is 0 Å². The molecule has 2 aromatic heterocycles. The first-order chi connectivity index (χ1) is 15.7. The normalized spacial score (nSPS) is 13.3. The second-order valence-electron chi connectivity index (χ2n) is 7.60. The minimum Gasteiger partial charge on any atom is -0.467 e. The number of furan rings is 1.